The summed E-state index contributed by atoms with van der Waals surface area (Å²) in [5.41, 5.74) is 0.671. The highest BCUT2D eigenvalue weighted by atomic mass is 15.6. The topological polar surface area (TPSA) is 71.2 Å². The van der Waals surface area contributed by atoms with Crippen LogP contribution in [0, 0.1) is 0 Å². The zero-order valence-electron chi connectivity index (χ0n) is 9.91. The number of fused-ring (bicyclic) bond motifs is 1. The second-order valence-electron chi connectivity index (χ2n) is 4.59. The van der Waals surface area contributed by atoms with Gasteiger partial charge in [0, 0.05) is 25.2 Å². The molecule has 17 heavy (non-hydrogen) atoms. The first kappa shape index (κ1) is 10.4. The van der Waals surface area contributed by atoms with Crippen molar-refractivity contribution in [2.45, 2.75) is 25.9 Å². The number of rotatable bonds is 1. The van der Waals surface area contributed by atoms with Gasteiger partial charge in [0.25, 0.3) is 0 Å². The molecular weight excluding hydrogens is 218 g/mol. The highest BCUT2D eigenvalue weighted by Gasteiger charge is 2.22. The Morgan fingerprint density at radius 2 is 2.00 bits per heavy atom. The minimum atomic E-state index is 0.463. The Balaban J connectivity index is 1.91. The second-order valence-corrected chi connectivity index (χ2v) is 4.59. The normalized spacial score (nSPS) is 25.4. The number of nitrogens with one attached hydrogen (secondary N) is 1. The van der Waals surface area contributed by atoms with Crippen molar-refractivity contribution in [1.29, 1.82) is 0 Å². The van der Waals surface area contributed by atoms with Crippen LogP contribution in [0.3, 0.4) is 0 Å². The van der Waals surface area contributed by atoms with E-state index in [0.717, 1.165) is 18.9 Å². The Morgan fingerprint density at radius 1 is 1.24 bits per heavy atom. The summed E-state index contributed by atoms with van der Waals surface area (Å²) in [6.07, 6.45) is 0. The molecule has 1 saturated heterocycles. The van der Waals surface area contributed by atoms with Gasteiger partial charge in [0.15, 0.2) is 11.5 Å². The number of tetrazole rings is 1. The average Bonchev–Trinajstić information content (AvgIpc) is 2.74. The van der Waals surface area contributed by atoms with Gasteiger partial charge < -0.3 is 10.2 Å². The van der Waals surface area contributed by atoms with Gasteiger partial charge in [-0.1, -0.05) is 0 Å². The Labute approximate surface area is 98.8 Å². The molecule has 7 heteroatoms. The number of aromatic nitrogens is 5. The van der Waals surface area contributed by atoms with Crippen molar-refractivity contribution in [1.82, 2.24) is 30.6 Å². The van der Waals surface area contributed by atoms with E-state index in [2.05, 4.69) is 44.7 Å². The van der Waals surface area contributed by atoms with Crippen LogP contribution in [0.4, 0.5) is 5.82 Å². The third kappa shape index (κ3) is 1.93. The number of nitrogens with zero attached hydrogens (tertiary/aromatic N) is 6. The first-order chi connectivity index (χ1) is 8.22. The first-order valence-electron chi connectivity index (χ1n) is 5.79. The summed E-state index contributed by atoms with van der Waals surface area (Å²) < 4.78 is 1.46. The van der Waals surface area contributed by atoms with E-state index in [4.69, 9.17) is 0 Å². The molecule has 1 fully saturated rings. The molecule has 2 aromatic heterocycles. The maximum Gasteiger partial charge on any atom is 0.200 e. The minimum absolute atomic E-state index is 0.463. The van der Waals surface area contributed by atoms with Crippen LogP contribution >= 0.6 is 0 Å². The molecule has 3 rings (SSSR count). The van der Waals surface area contributed by atoms with E-state index in [0.29, 0.717) is 17.7 Å². The zero-order chi connectivity index (χ0) is 11.8. The molecule has 2 aromatic rings. The number of hydrogen-bond donors (Lipinski definition) is 1. The van der Waals surface area contributed by atoms with Gasteiger partial charge in [-0.05, 0) is 36.4 Å². The molecule has 0 radical (unpaired) electrons. The van der Waals surface area contributed by atoms with Gasteiger partial charge >= 0.3 is 0 Å². The molecule has 1 N–H and O–H groups in total. The number of hydrogen-bond acceptors (Lipinski definition) is 6. The Morgan fingerprint density at radius 3 is 2.76 bits per heavy atom. The predicted octanol–water partition coefficient (Wildman–Crippen LogP) is -0.294. The SMILES string of the molecule is CC1CN(c2ccc3nnnn3n2)CC(C)N1. The summed E-state index contributed by atoms with van der Waals surface area (Å²) >= 11 is 0. The van der Waals surface area contributed by atoms with E-state index >= 15 is 0 Å². The van der Waals surface area contributed by atoms with Crippen LogP contribution in [0.15, 0.2) is 12.1 Å². The molecule has 2 unspecified atom stereocenters. The molecule has 0 spiro atoms. The predicted molar refractivity (Wildman–Crippen MR) is 62.8 cm³/mol. The van der Waals surface area contributed by atoms with Crippen molar-refractivity contribution in [2.75, 3.05) is 18.0 Å². The Kier molecular flexibility index (Phi) is 2.40. The van der Waals surface area contributed by atoms with Crippen LogP contribution in [0.1, 0.15) is 13.8 Å². The molecule has 1 aliphatic rings. The first-order valence-corrected chi connectivity index (χ1v) is 5.79. The lowest BCUT2D eigenvalue weighted by Crippen LogP contribution is -2.54. The summed E-state index contributed by atoms with van der Waals surface area (Å²) in [6.45, 7) is 6.26. The van der Waals surface area contributed by atoms with E-state index < -0.39 is 0 Å². The summed E-state index contributed by atoms with van der Waals surface area (Å²) in [6, 6.07) is 4.78. The van der Waals surface area contributed by atoms with E-state index in [1.165, 1.54) is 4.63 Å². The fourth-order valence-corrected chi connectivity index (χ4v) is 2.32. The monoisotopic (exact) mass is 233 g/mol. The molecule has 90 valence electrons. The third-order valence-corrected chi connectivity index (χ3v) is 2.94. The minimum Gasteiger partial charge on any atom is -0.352 e. The van der Waals surface area contributed by atoms with Gasteiger partial charge in [-0.2, -0.15) is 0 Å². The van der Waals surface area contributed by atoms with Crippen molar-refractivity contribution in [3.63, 3.8) is 0 Å². The summed E-state index contributed by atoms with van der Waals surface area (Å²) in [5.74, 6) is 0.921. The molecule has 0 bridgehead atoms. The molecule has 0 amide bonds. The van der Waals surface area contributed by atoms with E-state index in [-0.39, 0.29) is 0 Å². The van der Waals surface area contributed by atoms with Crippen LogP contribution in [0.2, 0.25) is 0 Å². The van der Waals surface area contributed by atoms with Gasteiger partial charge in [0.05, 0.1) is 0 Å². The molecule has 2 atom stereocenters. The standard InChI is InChI=1S/C10H15N7/c1-7-5-16(6-8(2)11-7)10-4-3-9-12-14-15-17(9)13-10/h3-4,7-8,11H,5-6H2,1-2H3. The second kappa shape index (κ2) is 3.92. The maximum atomic E-state index is 4.41. The van der Waals surface area contributed by atoms with Crippen molar-refractivity contribution in [3.8, 4) is 0 Å². The fraction of sp³-hybridized carbons (Fsp3) is 0.600. The van der Waals surface area contributed by atoms with E-state index in [1.54, 1.807) is 0 Å². The highest BCUT2D eigenvalue weighted by molar-refractivity contribution is 5.45. The average molecular weight is 233 g/mol. The van der Waals surface area contributed by atoms with Crippen LogP contribution in [-0.2, 0) is 0 Å². The van der Waals surface area contributed by atoms with Crippen LogP contribution < -0.4 is 10.2 Å². The third-order valence-electron chi connectivity index (χ3n) is 2.94. The molecule has 3 heterocycles. The van der Waals surface area contributed by atoms with Crippen LogP contribution in [0.25, 0.3) is 5.65 Å². The van der Waals surface area contributed by atoms with E-state index in [1.807, 2.05) is 12.1 Å². The Hall–Kier alpha value is -1.76. The lowest BCUT2D eigenvalue weighted by atomic mass is 10.1. The molecular formula is C10H15N7. The van der Waals surface area contributed by atoms with Gasteiger partial charge in [-0.25, -0.2) is 0 Å². The van der Waals surface area contributed by atoms with Crippen molar-refractivity contribution >= 4 is 11.5 Å². The van der Waals surface area contributed by atoms with Crippen LogP contribution in [-0.4, -0.2) is 50.4 Å². The quantitative estimate of drug-likeness (QED) is 0.729. The highest BCUT2D eigenvalue weighted by Crippen LogP contribution is 2.14. The molecule has 0 aliphatic carbocycles. The molecule has 0 saturated carbocycles. The Bertz CT molecular complexity index is 512. The van der Waals surface area contributed by atoms with Crippen LogP contribution in [0.5, 0.6) is 0 Å². The molecule has 7 nitrogen and oxygen atoms in total. The number of anilines is 1. The maximum absolute atomic E-state index is 4.41. The van der Waals surface area contributed by atoms with Gasteiger partial charge in [-0.15, -0.1) is 14.8 Å². The molecule has 1 aliphatic heterocycles. The summed E-state index contributed by atoms with van der Waals surface area (Å²) in [4.78, 5) is 2.26. The van der Waals surface area contributed by atoms with E-state index in [9.17, 15) is 0 Å². The van der Waals surface area contributed by atoms with Crippen molar-refractivity contribution in [2.24, 2.45) is 0 Å². The zero-order valence-corrected chi connectivity index (χ0v) is 9.91. The number of piperazine rings is 1. The molecule has 0 aromatic carbocycles. The van der Waals surface area contributed by atoms with Gasteiger partial charge in [0.1, 0.15) is 0 Å². The lowest BCUT2D eigenvalue weighted by molar-refractivity contribution is 0.404. The van der Waals surface area contributed by atoms with Crippen molar-refractivity contribution in [3.05, 3.63) is 12.1 Å². The van der Waals surface area contributed by atoms with Gasteiger partial charge in [0.2, 0.25) is 0 Å². The summed E-state index contributed by atoms with van der Waals surface area (Å²) in [5, 5.41) is 19.1. The summed E-state index contributed by atoms with van der Waals surface area (Å²) in [7, 11) is 0. The largest absolute Gasteiger partial charge is 0.352 e. The fourth-order valence-electron chi connectivity index (χ4n) is 2.32. The smallest absolute Gasteiger partial charge is 0.200 e. The lowest BCUT2D eigenvalue weighted by Gasteiger charge is -2.36. The van der Waals surface area contributed by atoms with Crippen molar-refractivity contribution < 1.29 is 0 Å². The van der Waals surface area contributed by atoms with Gasteiger partial charge in [-0.3, -0.25) is 0 Å².